The van der Waals surface area contributed by atoms with Crippen molar-refractivity contribution in [1.29, 1.82) is 0 Å². The quantitative estimate of drug-likeness (QED) is 0.782. The van der Waals surface area contributed by atoms with Crippen LogP contribution in [0.1, 0.15) is 68.7 Å². The molecule has 0 aliphatic carbocycles. The molecule has 0 radical (unpaired) electrons. The molecular formula is C16H33NO. The third kappa shape index (κ3) is 5.41. The molecule has 0 bridgehead atoms. The molecule has 0 atom stereocenters. The van der Waals surface area contributed by atoms with Gasteiger partial charge in [-0.25, -0.2) is 0 Å². The third-order valence-electron chi connectivity index (χ3n) is 4.22. The van der Waals surface area contributed by atoms with E-state index in [1.54, 1.807) is 0 Å². The van der Waals surface area contributed by atoms with E-state index in [1.807, 2.05) is 13.8 Å². The SMILES string of the molecule is CC(C)C(=O)NCC(C)(C)CC(C)(C)C(C)(C)C. The maximum absolute atomic E-state index is 11.6. The van der Waals surface area contributed by atoms with Gasteiger partial charge in [0.25, 0.3) is 0 Å². The minimum atomic E-state index is 0.0661. The first kappa shape index (κ1) is 17.5. The number of carbonyl (C=O) groups excluding carboxylic acids is 1. The first-order chi connectivity index (χ1) is 7.78. The fourth-order valence-corrected chi connectivity index (χ4v) is 2.05. The number of amides is 1. The highest BCUT2D eigenvalue weighted by Gasteiger charge is 2.37. The van der Waals surface area contributed by atoms with Crippen LogP contribution in [0.5, 0.6) is 0 Å². The Morgan fingerprint density at radius 3 is 1.78 bits per heavy atom. The summed E-state index contributed by atoms with van der Waals surface area (Å²) in [6.07, 6.45) is 1.10. The van der Waals surface area contributed by atoms with E-state index in [-0.39, 0.29) is 28.1 Å². The summed E-state index contributed by atoms with van der Waals surface area (Å²) >= 11 is 0. The molecule has 0 rings (SSSR count). The van der Waals surface area contributed by atoms with E-state index in [4.69, 9.17) is 0 Å². The van der Waals surface area contributed by atoms with Crippen molar-refractivity contribution in [2.24, 2.45) is 22.2 Å². The Morgan fingerprint density at radius 2 is 1.44 bits per heavy atom. The number of hydrogen-bond acceptors (Lipinski definition) is 1. The summed E-state index contributed by atoms with van der Waals surface area (Å²) < 4.78 is 0. The van der Waals surface area contributed by atoms with E-state index in [1.165, 1.54) is 0 Å². The second-order valence-corrected chi connectivity index (χ2v) is 8.35. The largest absolute Gasteiger partial charge is 0.355 e. The Morgan fingerprint density at radius 1 is 1.00 bits per heavy atom. The molecule has 0 aromatic heterocycles. The van der Waals surface area contributed by atoms with Gasteiger partial charge in [0.2, 0.25) is 5.91 Å². The molecule has 0 heterocycles. The lowest BCUT2D eigenvalue weighted by molar-refractivity contribution is -0.124. The van der Waals surface area contributed by atoms with Gasteiger partial charge in [0.05, 0.1) is 0 Å². The Labute approximate surface area is 114 Å². The van der Waals surface area contributed by atoms with E-state index in [0.29, 0.717) is 0 Å². The molecule has 0 aliphatic rings. The zero-order chi connectivity index (χ0) is 14.8. The highest BCUT2D eigenvalue weighted by molar-refractivity contribution is 5.77. The van der Waals surface area contributed by atoms with Crippen molar-refractivity contribution in [2.75, 3.05) is 6.54 Å². The highest BCUT2D eigenvalue weighted by Crippen LogP contribution is 2.45. The lowest BCUT2D eigenvalue weighted by Gasteiger charge is -2.44. The lowest BCUT2D eigenvalue weighted by atomic mass is 9.62. The maximum atomic E-state index is 11.6. The van der Waals surface area contributed by atoms with Gasteiger partial charge < -0.3 is 5.32 Å². The zero-order valence-corrected chi connectivity index (χ0v) is 13.9. The maximum Gasteiger partial charge on any atom is 0.222 e. The van der Waals surface area contributed by atoms with Crippen LogP contribution in [0.2, 0.25) is 0 Å². The smallest absolute Gasteiger partial charge is 0.222 e. The van der Waals surface area contributed by atoms with Crippen molar-refractivity contribution in [3.8, 4) is 0 Å². The predicted molar refractivity (Wildman–Crippen MR) is 79.5 cm³/mol. The molecule has 2 nitrogen and oxygen atoms in total. The molecule has 0 aromatic rings. The zero-order valence-electron chi connectivity index (χ0n) is 13.9. The fourth-order valence-electron chi connectivity index (χ4n) is 2.05. The molecule has 1 amide bonds. The Kier molecular flexibility index (Phi) is 5.46. The molecule has 0 saturated heterocycles. The minimum Gasteiger partial charge on any atom is -0.355 e. The van der Waals surface area contributed by atoms with Gasteiger partial charge in [-0.2, -0.15) is 0 Å². The van der Waals surface area contributed by atoms with Crippen LogP contribution in [0.15, 0.2) is 0 Å². The van der Waals surface area contributed by atoms with E-state index in [0.717, 1.165) is 13.0 Å². The summed E-state index contributed by atoms with van der Waals surface area (Å²) in [5, 5.41) is 3.06. The lowest BCUT2D eigenvalue weighted by Crippen LogP contribution is -2.41. The van der Waals surface area contributed by atoms with Crippen LogP contribution in [0.25, 0.3) is 0 Å². The summed E-state index contributed by atoms with van der Waals surface area (Å²) in [6, 6.07) is 0. The average molecular weight is 255 g/mol. The van der Waals surface area contributed by atoms with Crippen LogP contribution < -0.4 is 5.32 Å². The van der Waals surface area contributed by atoms with Crippen molar-refractivity contribution >= 4 is 5.91 Å². The van der Waals surface area contributed by atoms with Crippen LogP contribution in [0.4, 0.5) is 0 Å². The molecule has 0 aliphatic heterocycles. The van der Waals surface area contributed by atoms with Crippen LogP contribution in [-0.2, 0) is 4.79 Å². The number of carbonyl (C=O) groups is 1. The first-order valence-corrected chi connectivity index (χ1v) is 7.06. The average Bonchev–Trinajstić information content (AvgIpc) is 2.10. The van der Waals surface area contributed by atoms with Gasteiger partial charge in [-0.3, -0.25) is 4.79 Å². The molecule has 0 fully saturated rings. The summed E-state index contributed by atoms with van der Waals surface area (Å²) in [7, 11) is 0. The van der Waals surface area contributed by atoms with Crippen molar-refractivity contribution in [3.05, 3.63) is 0 Å². The Balaban J connectivity index is 4.53. The molecule has 1 N–H and O–H groups in total. The van der Waals surface area contributed by atoms with E-state index in [2.05, 4.69) is 53.8 Å². The number of nitrogens with one attached hydrogen (secondary N) is 1. The highest BCUT2D eigenvalue weighted by atomic mass is 16.1. The standard InChI is InChI=1S/C16H33NO/c1-12(2)13(18)17-11-15(6,7)10-16(8,9)14(3,4)5/h12H,10-11H2,1-9H3,(H,17,18). The van der Waals surface area contributed by atoms with Crippen molar-refractivity contribution in [2.45, 2.75) is 68.7 Å². The first-order valence-electron chi connectivity index (χ1n) is 7.06. The fraction of sp³-hybridized carbons (Fsp3) is 0.938. The van der Waals surface area contributed by atoms with Gasteiger partial charge in [0.1, 0.15) is 0 Å². The van der Waals surface area contributed by atoms with Gasteiger partial charge in [-0.05, 0) is 22.7 Å². The van der Waals surface area contributed by atoms with Gasteiger partial charge in [-0.15, -0.1) is 0 Å². The van der Waals surface area contributed by atoms with Crippen LogP contribution in [-0.4, -0.2) is 12.5 Å². The monoisotopic (exact) mass is 255 g/mol. The molecular weight excluding hydrogens is 222 g/mol. The summed E-state index contributed by atoms with van der Waals surface area (Å²) in [5.74, 6) is 0.216. The van der Waals surface area contributed by atoms with Gasteiger partial charge in [-0.1, -0.05) is 62.3 Å². The summed E-state index contributed by atoms with van der Waals surface area (Å²) in [6.45, 7) is 20.6. The van der Waals surface area contributed by atoms with Gasteiger partial charge in [0, 0.05) is 12.5 Å². The van der Waals surface area contributed by atoms with Crippen LogP contribution in [0, 0.1) is 22.2 Å². The van der Waals surface area contributed by atoms with Crippen molar-refractivity contribution in [1.82, 2.24) is 5.32 Å². The van der Waals surface area contributed by atoms with Crippen LogP contribution in [0.3, 0.4) is 0 Å². The molecule has 18 heavy (non-hydrogen) atoms. The van der Waals surface area contributed by atoms with E-state index < -0.39 is 0 Å². The summed E-state index contributed by atoms with van der Waals surface area (Å²) in [4.78, 5) is 11.6. The second-order valence-electron chi connectivity index (χ2n) is 8.35. The van der Waals surface area contributed by atoms with Crippen molar-refractivity contribution in [3.63, 3.8) is 0 Å². The molecule has 0 spiro atoms. The van der Waals surface area contributed by atoms with Gasteiger partial charge >= 0.3 is 0 Å². The predicted octanol–water partition coefficient (Wildman–Crippen LogP) is 4.25. The van der Waals surface area contributed by atoms with Gasteiger partial charge in [0.15, 0.2) is 0 Å². The Bertz CT molecular complexity index is 282. The number of rotatable bonds is 5. The topological polar surface area (TPSA) is 29.1 Å². The summed E-state index contributed by atoms with van der Waals surface area (Å²) in [5.41, 5.74) is 0.646. The molecule has 2 heteroatoms. The molecule has 0 unspecified atom stereocenters. The molecule has 0 aromatic carbocycles. The minimum absolute atomic E-state index is 0.0661. The molecule has 0 saturated carbocycles. The third-order valence-corrected chi connectivity index (χ3v) is 4.22. The van der Waals surface area contributed by atoms with E-state index in [9.17, 15) is 4.79 Å². The number of hydrogen-bond donors (Lipinski definition) is 1. The van der Waals surface area contributed by atoms with E-state index >= 15 is 0 Å². The normalized spacial score (nSPS) is 13.9. The van der Waals surface area contributed by atoms with Crippen molar-refractivity contribution < 1.29 is 4.79 Å². The van der Waals surface area contributed by atoms with Crippen LogP contribution >= 0.6 is 0 Å². The molecule has 108 valence electrons. The second kappa shape index (κ2) is 5.63. The Hall–Kier alpha value is -0.530.